The largest absolute Gasteiger partial charge is 0.320 e. The van der Waals surface area contributed by atoms with Crippen molar-refractivity contribution in [1.29, 1.82) is 0 Å². The lowest BCUT2D eigenvalue weighted by molar-refractivity contribution is 0.589. The Morgan fingerprint density at radius 3 is 2.48 bits per heavy atom. The zero-order chi connectivity index (χ0) is 15.0. The molecular formula is C17H20N4. The molecule has 0 aliphatic rings. The highest BCUT2D eigenvalue weighted by atomic mass is 15.2. The van der Waals surface area contributed by atoms with Crippen LogP contribution in [-0.4, -0.2) is 14.6 Å². The van der Waals surface area contributed by atoms with Crippen molar-refractivity contribution in [2.24, 2.45) is 5.73 Å². The standard InChI is InChI=1S/C17H20N4/c1-17(2,3)13-6-4-12(5-7-13)16(18)14-10-20-21-9-8-19-11-15(14)21/h4-11,16H,18H2,1-3H3. The zero-order valence-electron chi connectivity index (χ0n) is 12.6. The second-order valence-electron chi connectivity index (χ2n) is 6.36. The summed E-state index contributed by atoms with van der Waals surface area (Å²) in [5.41, 5.74) is 10.9. The number of benzene rings is 1. The molecular weight excluding hydrogens is 260 g/mol. The molecule has 21 heavy (non-hydrogen) atoms. The first-order valence-corrected chi connectivity index (χ1v) is 7.10. The highest BCUT2D eigenvalue weighted by Gasteiger charge is 2.17. The van der Waals surface area contributed by atoms with Crippen molar-refractivity contribution in [3.05, 3.63) is 65.7 Å². The first kappa shape index (κ1) is 13.8. The molecule has 1 atom stereocenters. The summed E-state index contributed by atoms with van der Waals surface area (Å²) in [6, 6.07) is 8.31. The van der Waals surface area contributed by atoms with E-state index in [-0.39, 0.29) is 11.5 Å². The van der Waals surface area contributed by atoms with Crippen LogP contribution in [0.3, 0.4) is 0 Å². The van der Waals surface area contributed by atoms with Crippen LogP contribution in [0, 0.1) is 0 Å². The van der Waals surface area contributed by atoms with Crippen molar-refractivity contribution in [3.63, 3.8) is 0 Å². The molecule has 4 nitrogen and oxygen atoms in total. The molecule has 0 aliphatic heterocycles. The number of nitrogens with two attached hydrogens (primary N) is 1. The van der Waals surface area contributed by atoms with Crippen LogP contribution in [0.2, 0.25) is 0 Å². The fraction of sp³-hybridized carbons (Fsp3) is 0.294. The van der Waals surface area contributed by atoms with E-state index >= 15 is 0 Å². The molecule has 0 amide bonds. The third-order valence-corrected chi connectivity index (χ3v) is 3.83. The van der Waals surface area contributed by atoms with Gasteiger partial charge in [-0.3, -0.25) is 4.98 Å². The highest BCUT2D eigenvalue weighted by molar-refractivity contribution is 5.55. The summed E-state index contributed by atoms with van der Waals surface area (Å²) in [5, 5.41) is 4.32. The number of fused-ring (bicyclic) bond motifs is 1. The summed E-state index contributed by atoms with van der Waals surface area (Å²) >= 11 is 0. The summed E-state index contributed by atoms with van der Waals surface area (Å²) in [6.07, 6.45) is 7.16. The molecule has 108 valence electrons. The highest BCUT2D eigenvalue weighted by Crippen LogP contribution is 2.27. The van der Waals surface area contributed by atoms with Gasteiger partial charge in [0.15, 0.2) is 0 Å². The van der Waals surface area contributed by atoms with Crippen LogP contribution < -0.4 is 5.73 Å². The Labute approximate surface area is 124 Å². The van der Waals surface area contributed by atoms with Gasteiger partial charge >= 0.3 is 0 Å². The maximum absolute atomic E-state index is 6.40. The van der Waals surface area contributed by atoms with Gasteiger partial charge in [-0.1, -0.05) is 45.0 Å². The normalized spacial score (nSPS) is 13.5. The Hall–Kier alpha value is -2.20. The van der Waals surface area contributed by atoms with Crippen molar-refractivity contribution in [2.45, 2.75) is 32.2 Å². The maximum atomic E-state index is 6.40. The third-order valence-electron chi connectivity index (χ3n) is 3.83. The molecule has 3 rings (SSSR count). The minimum Gasteiger partial charge on any atom is -0.320 e. The topological polar surface area (TPSA) is 56.2 Å². The minimum atomic E-state index is -0.194. The van der Waals surface area contributed by atoms with E-state index in [9.17, 15) is 0 Å². The van der Waals surface area contributed by atoms with Crippen LogP contribution in [0.5, 0.6) is 0 Å². The van der Waals surface area contributed by atoms with Crippen molar-refractivity contribution < 1.29 is 0 Å². The molecule has 2 N–H and O–H groups in total. The van der Waals surface area contributed by atoms with Gasteiger partial charge in [0.1, 0.15) is 0 Å². The number of rotatable bonds is 2. The second kappa shape index (κ2) is 4.97. The van der Waals surface area contributed by atoms with Gasteiger partial charge in [-0.2, -0.15) is 5.10 Å². The number of hydrogen-bond donors (Lipinski definition) is 1. The van der Waals surface area contributed by atoms with Crippen molar-refractivity contribution in [1.82, 2.24) is 14.6 Å². The van der Waals surface area contributed by atoms with E-state index in [0.29, 0.717) is 0 Å². The predicted molar refractivity (Wildman–Crippen MR) is 84.2 cm³/mol. The van der Waals surface area contributed by atoms with E-state index < -0.39 is 0 Å². The van der Waals surface area contributed by atoms with Gasteiger partial charge in [-0.15, -0.1) is 0 Å². The van der Waals surface area contributed by atoms with Gasteiger partial charge in [0, 0.05) is 18.0 Å². The Morgan fingerprint density at radius 2 is 1.81 bits per heavy atom. The van der Waals surface area contributed by atoms with Crippen LogP contribution in [-0.2, 0) is 5.41 Å². The first-order valence-electron chi connectivity index (χ1n) is 7.10. The van der Waals surface area contributed by atoms with Gasteiger partial charge in [-0.05, 0) is 16.5 Å². The van der Waals surface area contributed by atoms with Crippen LogP contribution in [0.25, 0.3) is 5.52 Å². The van der Waals surface area contributed by atoms with Crippen molar-refractivity contribution >= 4 is 5.52 Å². The number of hydrogen-bond acceptors (Lipinski definition) is 3. The average molecular weight is 280 g/mol. The second-order valence-corrected chi connectivity index (χ2v) is 6.36. The first-order chi connectivity index (χ1) is 9.97. The fourth-order valence-electron chi connectivity index (χ4n) is 2.46. The van der Waals surface area contributed by atoms with Crippen LogP contribution in [0.15, 0.2) is 49.1 Å². The minimum absolute atomic E-state index is 0.150. The van der Waals surface area contributed by atoms with E-state index in [1.54, 1.807) is 16.9 Å². The molecule has 0 aliphatic carbocycles. The predicted octanol–water partition coefficient (Wildman–Crippen LogP) is 3.07. The molecule has 1 aromatic carbocycles. The SMILES string of the molecule is CC(C)(C)c1ccc(C(N)c2cnn3ccncc23)cc1. The summed E-state index contributed by atoms with van der Waals surface area (Å²) in [6.45, 7) is 6.62. The lowest BCUT2D eigenvalue weighted by Crippen LogP contribution is -2.14. The molecule has 0 bridgehead atoms. The zero-order valence-corrected chi connectivity index (χ0v) is 12.6. The fourth-order valence-corrected chi connectivity index (χ4v) is 2.46. The van der Waals surface area contributed by atoms with Crippen LogP contribution in [0.1, 0.15) is 43.5 Å². The van der Waals surface area contributed by atoms with E-state index in [0.717, 1.165) is 16.6 Å². The lowest BCUT2D eigenvalue weighted by atomic mass is 9.86. The van der Waals surface area contributed by atoms with Gasteiger partial charge < -0.3 is 5.73 Å². The van der Waals surface area contributed by atoms with E-state index in [1.165, 1.54) is 5.56 Å². The van der Waals surface area contributed by atoms with Crippen LogP contribution >= 0.6 is 0 Å². The van der Waals surface area contributed by atoms with E-state index in [4.69, 9.17) is 5.73 Å². The molecule has 3 aromatic rings. The molecule has 2 heterocycles. The van der Waals surface area contributed by atoms with Crippen LogP contribution in [0.4, 0.5) is 0 Å². The molecule has 4 heteroatoms. The molecule has 0 radical (unpaired) electrons. The Bertz CT molecular complexity index is 750. The lowest BCUT2D eigenvalue weighted by Gasteiger charge is -2.20. The van der Waals surface area contributed by atoms with Crippen molar-refractivity contribution in [2.75, 3.05) is 0 Å². The number of aromatic nitrogens is 3. The Morgan fingerprint density at radius 1 is 1.10 bits per heavy atom. The number of nitrogens with zero attached hydrogens (tertiary/aromatic N) is 3. The molecule has 0 saturated heterocycles. The van der Waals surface area contributed by atoms with E-state index in [1.807, 2.05) is 12.4 Å². The summed E-state index contributed by atoms with van der Waals surface area (Å²) < 4.78 is 1.80. The summed E-state index contributed by atoms with van der Waals surface area (Å²) in [5.74, 6) is 0. The van der Waals surface area contributed by atoms with Crippen molar-refractivity contribution in [3.8, 4) is 0 Å². The monoisotopic (exact) mass is 280 g/mol. The molecule has 0 spiro atoms. The Kier molecular flexibility index (Phi) is 3.26. The molecule has 2 aromatic heterocycles. The molecule has 1 unspecified atom stereocenters. The third kappa shape index (κ3) is 2.54. The quantitative estimate of drug-likeness (QED) is 0.785. The Balaban J connectivity index is 1.97. The van der Waals surface area contributed by atoms with Gasteiger partial charge in [0.25, 0.3) is 0 Å². The van der Waals surface area contributed by atoms with E-state index in [2.05, 4.69) is 55.1 Å². The van der Waals surface area contributed by atoms with Gasteiger partial charge in [-0.25, -0.2) is 4.52 Å². The molecule has 0 fully saturated rings. The van der Waals surface area contributed by atoms with Gasteiger partial charge in [0.2, 0.25) is 0 Å². The van der Waals surface area contributed by atoms with Gasteiger partial charge in [0.05, 0.1) is 24.0 Å². The maximum Gasteiger partial charge on any atom is 0.0896 e. The molecule has 0 saturated carbocycles. The summed E-state index contributed by atoms with van der Waals surface area (Å²) in [4.78, 5) is 4.15. The smallest absolute Gasteiger partial charge is 0.0896 e. The summed E-state index contributed by atoms with van der Waals surface area (Å²) in [7, 11) is 0. The average Bonchev–Trinajstić information content (AvgIpc) is 2.90.